The Kier molecular flexibility index (Phi) is 4.57. The molecule has 112 valence electrons. The standard InChI is InChI=1S/C15H14F3NO2/c1-20-13-4-3-9(5-14(13)21-2)8-19-12-7-10(16)6-11(17)15(12)18/h3-7,19H,8H2,1-2H3. The molecule has 2 aromatic rings. The van der Waals surface area contributed by atoms with Crippen LogP contribution in [0.4, 0.5) is 18.9 Å². The van der Waals surface area contributed by atoms with Gasteiger partial charge in [-0.25, -0.2) is 13.2 Å². The normalized spacial score (nSPS) is 10.3. The number of benzene rings is 2. The first-order chi connectivity index (χ1) is 10.0. The SMILES string of the molecule is COc1ccc(CNc2cc(F)cc(F)c2F)cc1OC. The second-order valence-corrected chi connectivity index (χ2v) is 4.29. The number of anilines is 1. The molecule has 3 nitrogen and oxygen atoms in total. The summed E-state index contributed by atoms with van der Waals surface area (Å²) >= 11 is 0. The van der Waals surface area contributed by atoms with Crippen LogP contribution in [0.3, 0.4) is 0 Å². The fraction of sp³-hybridized carbons (Fsp3) is 0.200. The zero-order chi connectivity index (χ0) is 15.4. The molecule has 0 aliphatic heterocycles. The molecule has 0 atom stereocenters. The molecule has 0 spiro atoms. The van der Waals surface area contributed by atoms with Crippen molar-refractivity contribution in [2.45, 2.75) is 6.54 Å². The van der Waals surface area contributed by atoms with Crippen molar-refractivity contribution >= 4 is 5.69 Å². The molecule has 0 unspecified atom stereocenters. The van der Waals surface area contributed by atoms with Crippen LogP contribution in [0.1, 0.15) is 5.56 Å². The van der Waals surface area contributed by atoms with Crippen molar-refractivity contribution < 1.29 is 22.6 Å². The van der Waals surface area contributed by atoms with Gasteiger partial charge in [0.15, 0.2) is 23.1 Å². The van der Waals surface area contributed by atoms with E-state index in [0.29, 0.717) is 17.6 Å². The molecule has 6 heteroatoms. The van der Waals surface area contributed by atoms with E-state index in [1.807, 2.05) is 0 Å². The Morgan fingerprint density at radius 1 is 0.952 bits per heavy atom. The van der Waals surface area contributed by atoms with Gasteiger partial charge in [-0.15, -0.1) is 0 Å². The summed E-state index contributed by atoms with van der Waals surface area (Å²) < 4.78 is 49.9. The van der Waals surface area contributed by atoms with Crippen molar-refractivity contribution in [1.29, 1.82) is 0 Å². The third kappa shape index (κ3) is 3.39. The first-order valence-electron chi connectivity index (χ1n) is 6.14. The fourth-order valence-corrected chi connectivity index (χ4v) is 1.87. The molecule has 0 bridgehead atoms. The number of halogens is 3. The molecule has 2 aromatic carbocycles. The Labute approximate surface area is 120 Å². The minimum Gasteiger partial charge on any atom is -0.493 e. The number of hydrogen-bond acceptors (Lipinski definition) is 3. The summed E-state index contributed by atoms with van der Waals surface area (Å²) in [5.41, 5.74) is 0.513. The summed E-state index contributed by atoms with van der Waals surface area (Å²) in [6, 6.07) is 6.52. The van der Waals surface area contributed by atoms with Gasteiger partial charge in [-0.1, -0.05) is 6.07 Å². The molecule has 0 heterocycles. The van der Waals surface area contributed by atoms with E-state index in [2.05, 4.69) is 5.32 Å². The molecule has 0 aliphatic carbocycles. The molecule has 0 aromatic heterocycles. The first-order valence-corrected chi connectivity index (χ1v) is 6.14. The third-order valence-corrected chi connectivity index (χ3v) is 2.92. The van der Waals surface area contributed by atoms with Gasteiger partial charge in [0.2, 0.25) is 0 Å². The summed E-state index contributed by atoms with van der Waals surface area (Å²) in [6.07, 6.45) is 0. The van der Waals surface area contributed by atoms with Crippen LogP contribution < -0.4 is 14.8 Å². The summed E-state index contributed by atoms with van der Waals surface area (Å²) in [6.45, 7) is 0.181. The topological polar surface area (TPSA) is 30.5 Å². The lowest BCUT2D eigenvalue weighted by molar-refractivity contribution is 0.354. The van der Waals surface area contributed by atoms with Gasteiger partial charge in [0, 0.05) is 18.7 Å². The Morgan fingerprint density at radius 2 is 1.67 bits per heavy atom. The lowest BCUT2D eigenvalue weighted by atomic mass is 10.2. The molecule has 0 saturated heterocycles. The average molecular weight is 297 g/mol. The highest BCUT2D eigenvalue weighted by atomic mass is 19.2. The minimum atomic E-state index is -1.23. The zero-order valence-electron chi connectivity index (χ0n) is 11.5. The van der Waals surface area contributed by atoms with E-state index >= 15 is 0 Å². The molecular weight excluding hydrogens is 283 g/mol. The van der Waals surface area contributed by atoms with Gasteiger partial charge in [-0.2, -0.15) is 0 Å². The number of methoxy groups -OCH3 is 2. The lowest BCUT2D eigenvalue weighted by Crippen LogP contribution is -2.04. The van der Waals surface area contributed by atoms with Crippen LogP contribution in [0.2, 0.25) is 0 Å². The van der Waals surface area contributed by atoms with Gasteiger partial charge in [-0.05, 0) is 17.7 Å². The van der Waals surface area contributed by atoms with Crippen LogP contribution in [0.25, 0.3) is 0 Å². The van der Waals surface area contributed by atoms with E-state index in [1.54, 1.807) is 18.2 Å². The quantitative estimate of drug-likeness (QED) is 0.853. The van der Waals surface area contributed by atoms with Crippen molar-refractivity contribution in [2.24, 2.45) is 0 Å². The number of hydrogen-bond donors (Lipinski definition) is 1. The molecule has 0 radical (unpaired) electrons. The van der Waals surface area contributed by atoms with Gasteiger partial charge in [0.25, 0.3) is 0 Å². The summed E-state index contributed by atoms with van der Waals surface area (Å²) in [4.78, 5) is 0. The lowest BCUT2D eigenvalue weighted by Gasteiger charge is -2.11. The molecule has 21 heavy (non-hydrogen) atoms. The summed E-state index contributed by atoms with van der Waals surface area (Å²) in [5.74, 6) is -2.11. The average Bonchev–Trinajstić information content (AvgIpc) is 2.49. The second kappa shape index (κ2) is 6.39. The van der Waals surface area contributed by atoms with E-state index in [4.69, 9.17) is 9.47 Å². The number of ether oxygens (including phenoxy) is 2. The van der Waals surface area contributed by atoms with Crippen molar-refractivity contribution in [3.8, 4) is 11.5 Å². The Balaban J connectivity index is 2.17. The molecule has 0 fully saturated rings. The molecule has 0 amide bonds. The summed E-state index contributed by atoms with van der Waals surface area (Å²) in [7, 11) is 3.01. The van der Waals surface area contributed by atoms with E-state index < -0.39 is 17.5 Å². The number of rotatable bonds is 5. The smallest absolute Gasteiger partial charge is 0.182 e. The zero-order valence-corrected chi connectivity index (χ0v) is 11.5. The van der Waals surface area contributed by atoms with Crippen LogP contribution in [0, 0.1) is 17.5 Å². The van der Waals surface area contributed by atoms with Crippen molar-refractivity contribution in [2.75, 3.05) is 19.5 Å². The van der Waals surface area contributed by atoms with Crippen LogP contribution in [-0.4, -0.2) is 14.2 Å². The molecular formula is C15H14F3NO2. The Bertz CT molecular complexity index is 647. The highest BCUT2D eigenvalue weighted by Crippen LogP contribution is 2.28. The predicted molar refractivity (Wildman–Crippen MR) is 73.2 cm³/mol. The van der Waals surface area contributed by atoms with Gasteiger partial charge < -0.3 is 14.8 Å². The first kappa shape index (κ1) is 15.0. The Morgan fingerprint density at radius 3 is 2.33 bits per heavy atom. The van der Waals surface area contributed by atoms with Crippen LogP contribution in [0.5, 0.6) is 11.5 Å². The van der Waals surface area contributed by atoms with Gasteiger partial charge >= 0.3 is 0 Å². The predicted octanol–water partition coefficient (Wildman–Crippen LogP) is 3.73. The van der Waals surface area contributed by atoms with Crippen molar-refractivity contribution in [3.63, 3.8) is 0 Å². The highest BCUT2D eigenvalue weighted by Gasteiger charge is 2.11. The van der Waals surface area contributed by atoms with Crippen molar-refractivity contribution in [3.05, 3.63) is 53.3 Å². The van der Waals surface area contributed by atoms with E-state index in [0.717, 1.165) is 11.6 Å². The monoisotopic (exact) mass is 297 g/mol. The molecule has 1 N–H and O–H groups in total. The second-order valence-electron chi connectivity index (χ2n) is 4.29. The summed E-state index contributed by atoms with van der Waals surface area (Å²) in [5, 5.41) is 2.65. The maximum atomic E-state index is 13.5. The van der Waals surface area contributed by atoms with E-state index in [-0.39, 0.29) is 12.2 Å². The van der Waals surface area contributed by atoms with Crippen LogP contribution >= 0.6 is 0 Å². The maximum Gasteiger partial charge on any atom is 0.182 e. The van der Waals surface area contributed by atoms with Gasteiger partial charge in [0.1, 0.15) is 5.82 Å². The molecule has 0 saturated carbocycles. The maximum absolute atomic E-state index is 13.5. The molecule has 0 aliphatic rings. The fourth-order valence-electron chi connectivity index (χ4n) is 1.87. The number of nitrogens with one attached hydrogen (secondary N) is 1. The van der Waals surface area contributed by atoms with Crippen molar-refractivity contribution in [1.82, 2.24) is 0 Å². The highest BCUT2D eigenvalue weighted by molar-refractivity contribution is 5.48. The van der Waals surface area contributed by atoms with Gasteiger partial charge in [-0.3, -0.25) is 0 Å². The molecule has 2 rings (SSSR count). The largest absolute Gasteiger partial charge is 0.493 e. The third-order valence-electron chi connectivity index (χ3n) is 2.92. The minimum absolute atomic E-state index is 0.181. The van der Waals surface area contributed by atoms with Gasteiger partial charge in [0.05, 0.1) is 19.9 Å². The van der Waals surface area contributed by atoms with E-state index in [1.165, 1.54) is 14.2 Å². The van der Waals surface area contributed by atoms with E-state index in [9.17, 15) is 13.2 Å². The van der Waals surface area contributed by atoms with Crippen LogP contribution in [0.15, 0.2) is 30.3 Å². The van der Waals surface area contributed by atoms with Crippen LogP contribution in [-0.2, 0) is 6.54 Å². The Hall–Kier alpha value is -2.37.